The number of hydrogen-bond acceptors (Lipinski definition) is 4. The summed E-state index contributed by atoms with van der Waals surface area (Å²) in [6.07, 6.45) is 0. The van der Waals surface area contributed by atoms with Crippen LogP contribution < -0.4 is 11.3 Å². The van der Waals surface area contributed by atoms with Gasteiger partial charge in [-0.1, -0.05) is 23.7 Å². The molecule has 0 radical (unpaired) electrons. The van der Waals surface area contributed by atoms with Crippen molar-refractivity contribution < 1.29 is 4.79 Å². The van der Waals surface area contributed by atoms with Crippen molar-refractivity contribution in [2.45, 2.75) is 13.1 Å². The molecule has 20 heavy (non-hydrogen) atoms. The molecule has 4 nitrogen and oxygen atoms in total. The first-order chi connectivity index (χ1) is 9.60. The van der Waals surface area contributed by atoms with Crippen molar-refractivity contribution in [3.8, 4) is 0 Å². The van der Waals surface area contributed by atoms with Crippen LogP contribution >= 0.6 is 22.9 Å². The van der Waals surface area contributed by atoms with Gasteiger partial charge in [0.1, 0.15) is 0 Å². The van der Waals surface area contributed by atoms with Crippen LogP contribution in [0.1, 0.15) is 20.8 Å². The van der Waals surface area contributed by atoms with E-state index in [0.717, 1.165) is 17.1 Å². The second-order valence-electron chi connectivity index (χ2n) is 4.55. The van der Waals surface area contributed by atoms with Gasteiger partial charge in [0.05, 0.1) is 4.88 Å². The summed E-state index contributed by atoms with van der Waals surface area (Å²) in [6.45, 7) is 1.48. The van der Waals surface area contributed by atoms with Crippen LogP contribution in [0.25, 0.3) is 0 Å². The third-order valence-corrected chi connectivity index (χ3v) is 4.10. The van der Waals surface area contributed by atoms with E-state index in [9.17, 15) is 4.79 Å². The largest absolute Gasteiger partial charge is 0.298 e. The molecule has 0 fully saturated rings. The summed E-state index contributed by atoms with van der Waals surface area (Å²) in [5, 5.41) is 2.63. The molecule has 3 N–H and O–H groups in total. The average Bonchev–Trinajstić information content (AvgIpc) is 2.88. The monoisotopic (exact) mass is 309 g/mol. The minimum absolute atomic E-state index is 0.241. The Morgan fingerprint density at radius 1 is 1.30 bits per heavy atom. The molecule has 106 valence electrons. The molecular formula is C14H16ClN3OS. The van der Waals surface area contributed by atoms with E-state index in [1.165, 1.54) is 16.9 Å². The molecule has 0 spiro atoms. The molecule has 1 amide bonds. The predicted molar refractivity (Wildman–Crippen MR) is 82.6 cm³/mol. The second-order valence-corrected chi connectivity index (χ2v) is 5.90. The van der Waals surface area contributed by atoms with Crippen molar-refractivity contribution in [2.24, 2.45) is 5.84 Å². The molecular weight excluding hydrogens is 294 g/mol. The summed E-state index contributed by atoms with van der Waals surface area (Å²) in [5.41, 5.74) is 4.33. The lowest BCUT2D eigenvalue weighted by Crippen LogP contribution is -2.30. The fraction of sp³-hybridized carbons (Fsp3) is 0.214. The van der Waals surface area contributed by atoms with E-state index >= 15 is 0 Å². The number of carbonyl (C=O) groups excluding carboxylic acids is 1. The Labute approximate surface area is 127 Å². The van der Waals surface area contributed by atoms with Crippen LogP contribution in [0.4, 0.5) is 0 Å². The molecule has 1 aromatic carbocycles. The minimum atomic E-state index is -0.241. The molecule has 0 saturated heterocycles. The number of amides is 1. The van der Waals surface area contributed by atoms with Crippen LogP contribution in [-0.2, 0) is 13.1 Å². The highest BCUT2D eigenvalue weighted by Gasteiger charge is 2.13. The van der Waals surface area contributed by atoms with Crippen LogP contribution in [0.5, 0.6) is 0 Å². The van der Waals surface area contributed by atoms with Crippen molar-refractivity contribution in [1.29, 1.82) is 0 Å². The Hall–Kier alpha value is -1.40. The number of nitrogen functional groups attached to an aromatic ring is 1. The summed E-state index contributed by atoms with van der Waals surface area (Å²) in [6, 6.07) is 9.71. The first-order valence-corrected chi connectivity index (χ1v) is 7.36. The summed E-state index contributed by atoms with van der Waals surface area (Å²) < 4.78 is 0. The van der Waals surface area contributed by atoms with E-state index in [0.29, 0.717) is 11.4 Å². The third-order valence-electron chi connectivity index (χ3n) is 2.89. The van der Waals surface area contributed by atoms with Gasteiger partial charge in [-0.15, -0.1) is 11.3 Å². The Morgan fingerprint density at radius 2 is 2.00 bits per heavy atom. The number of benzene rings is 1. The number of carbonyl (C=O) groups is 1. The first kappa shape index (κ1) is 15.0. The molecule has 0 aliphatic carbocycles. The highest BCUT2D eigenvalue weighted by molar-refractivity contribution is 7.12. The maximum Gasteiger partial charge on any atom is 0.275 e. The van der Waals surface area contributed by atoms with Gasteiger partial charge >= 0.3 is 0 Å². The summed E-state index contributed by atoms with van der Waals surface area (Å²) in [5.74, 6) is 4.94. The van der Waals surface area contributed by atoms with Gasteiger partial charge in [-0.25, -0.2) is 5.84 Å². The van der Waals surface area contributed by atoms with Gasteiger partial charge < -0.3 is 0 Å². The van der Waals surface area contributed by atoms with E-state index in [2.05, 4.69) is 10.3 Å². The van der Waals surface area contributed by atoms with E-state index in [1.54, 1.807) is 0 Å². The smallest absolute Gasteiger partial charge is 0.275 e. The fourth-order valence-electron chi connectivity index (χ4n) is 1.97. The molecule has 2 aromatic rings. The van der Waals surface area contributed by atoms with Gasteiger partial charge in [-0.05, 0) is 41.8 Å². The SMILES string of the molecule is CN(Cc1ccc(Cl)cc1)Cc1ccsc1C(=O)NN. The zero-order valence-corrected chi connectivity index (χ0v) is 12.7. The molecule has 0 bridgehead atoms. The molecule has 0 unspecified atom stereocenters. The second kappa shape index (κ2) is 6.85. The standard InChI is InChI=1S/C14H16ClN3OS/c1-18(8-10-2-4-12(15)5-3-10)9-11-6-7-20-13(11)14(19)17-16/h2-7H,8-9,16H2,1H3,(H,17,19). The van der Waals surface area contributed by atoms with Gasteiger partial charge in [-0.2, -0.15) is 0 Å². The number of halogens is 1. The summed E-state index contributed by atoms with van der Waals surface area (Å²) >= 11 is 7.26. The highest BCUT2D eigenvalue weighted by Crippen LogP contribution is 2.19. The number of nitrogens with two attached hydrogens (primary N) is 1. The van der Waals surface area contributed by atoms with E-state index in [1.807, 2.05) is 42.8 Å². The number of nitrogens with zero attached hydrogens (tertiary/aromatic N) is 1. The molecule has 2 rings (SSSR count). The number of hydrazine groups is 1. The van der Waals surface area contributed by atoms with Crippen molar-refractivity contribution in [1.82, 2.24) is 10.3 Å². The van der Waals surface area contributed by atoms with Crippen molar-refractivity contribution in [2.75, 3.05) is 7.05 Å². The summed E-state index contributed by atoms with van der Waals surface area (Å²) in [7, 11) is 2.01. The van der Waals surface area contributed by atoms with Crippen molar-refractivity contribution in [3.05, 3.63) is 56.7 Å². The molecule has 1 heterocycles. The number of rotatable bonds is 5. The van der Waals surface area contributed by atoms with Gasteiger partial charge in [0.2, 0.25) is 0 Å². The molecule has 0 aliphatic heterocycles. The molecule has 1 aromatic heterocycles. The Morgan fingerprint density at radius 3 is 2.65 bits per heavy atom. The number of nitrogens with one attached hydrogen (secondary N) is 1. The van der Waals surface area contributed by atoms with Gasteiger partial charge in [-0.3, -0.25) is 15.1 Å². The lowest BCUT2D eigenvalue weighted by Gasteiger charge is -2.17. The van der Waals surface area contributed by atoms with Gasteiger partial charge in [0, 0.05) is 18.1 Å². The zero-order chi connectivity index (χ0) is 14.5. The zero-order valence-electron chi connectivity index (χ0n) is 11.1. The van der Waals surface area contributed by atoms with Gasteiger partial charge in [0.15, 0.2) is 0 Å². The maximum absolute atomic E-state index is 11.6. The topological polar surface area (TPSA) is 58.4 Å². The van der Waals surface area contributed by atoms with E-state index < -0.39 is 0 Å². The van der Waals surface area contributed by atoms with Crippen LogP contribution in [0, 0.1) is 0 Å². The van der Waals surface area contributed by atoms with Crippen LogP contribution in [-0.4, -0.2) is 17.9 Å². The van der Waals surface area contributed by atoms with E-state index in [-0.39, 0.29) is 5.91 Å². The van der Waals surface area contributed by atoms with Gasteiger partial charge in [0.25, 0.3) is 5.91 Å². The Balaban J connectivity index is 2.01. The van der Waals surface area contributed by atoms with Crippen LogP contribution in [0.3, 0.4) is 0 Å². The number of hydrogen-bond donors (Lipinski definition) is 2. The van der Waals surface area contributed by atoms with Crippen LogP contribution in [0.2, 0.25) is 5.02 Å². The lowest BCUT2D eigenvalue weighted by atomic mass is 10.2. The van der Waals surface area contributed by atoms with E-state index in [4.69, 9.17) is 17.4 Å². The number of thiophene rings is 1. The average molecular weight is 310 g/mol. The lowest BCUT2D eigenvalue weighted by molar-refractivity contribution is 0.0956. The predicted octanol–water partition coefficient (Wildman–Crippen LogP) is 2.64. The fourth-order valence-corrected chi connectivity index (χ4v) is 2.92. The Kier molecular flexibility index (Phi) is 5.14. The molecule has 6 heteroatoms. The van der Waals surface area contributed by atoms with Crippen molar-refractivity contribution >= 4 is 28.8 Å². The minimum Gasteiger partial charge on any atom is -0.298 e. The summed E-state index contributed by atoms with van der Waals surface area (Å²) in [4.78, 5) is 14.4. The molecule has 0 atom stereocenters. The van der Waals surface area contributed by atoms with Crippen LogP contribution in [0.15, 0.2) is 35.7 Å². The third kappa shape index (κ3) is 3.80. The first-order valence-electron chi connectivity index (χ1n) is 6.10. The normalized spacial score (nSPS) is 10.8. The Bertz CT molecular complexity index is 582. The molecule has 0 aliphatic rings. The maximum atomic E-state index is 11.6. The quantitative estimate of drug-likeness (QED) is 0.507. The molecule has 0 saturated carbocycles. The van der Waals surface area contributed by atoms with Crippen molar-refractivity contribution in [3.63, 3.8) is 0 Å². The highest BCUT2D eigenvalue weighted by atomic mass is 35.5.